The van der Waals surface area contributed by atoms with Crippen LogP contribution in [0, 0.1) is 17.3 Å². The Morgan fingerprint density at radius 3 is 2.62 bits per heavy atom. The van der Waals surface area contributed by atoms with Gasteiger partial charge in [-0.05, 0) is 62.1 Å². The molecule has 2 aliphatic carbocycles. The van der Waals surface area contributed by atoms with Gasteiger partial charge in [-0.15, -0.1) is 0 Å². The summed E-state index contributed by atoms with van der Waals surface area (Å²) in [6, 6.07) is 6.02. The van der Waals surface area contributed by atoms with Gasteiger partial charge in [0, 0.05) is 24.4 Å². The summed E-state index contributed by atoms with van der Waals surface area (Å²) in [4.78, 5) is 13.8. The van der Waals surface area contributed by atoms with Gasteiger partial charge in [-0.3, -0.25) is 0 Å². The van der Waals surface area contributed by atoms with Crippen LogP contribution in [-0.4, -0.2) is 55.6 Å². The molecule has 2 bridgehead atoms. The number of fused-ring (bicyclic) bond motifs is 2. The summed E-state index contributed by atoms with van der Waals surface area (Å²) in [7, 11) is 3.06. The number of aliphatic hydroxyl groups excluding tert-OH is 1. The zero-order valence-corrected chi connectivity index (χ0v) is 17.9. The highest BCUT2D eigenvalue weighted by atomic mass is 16.5. The van der Waals surface area contributed by atoms with Crippen molar-refractivity contribution in [3.8, 4) is 11.5 Å². The first kappa shape index (κ1) is 20.3. The zero-order chi connectivity index (χ0) is 20.8. The van der Waals surface area contributed by atoms with Crippen LogP contribution in [0.1, 0.15) is 51.0 Å². The van der Waals surface area contributed by atoms with Gasteiger partial charge >= 0.3 is 6.09 Å². The second kappa shape index (κ2) is 7.71. The fourth-order valence-electron chi connectivity index (χ4n) is 5.69. The molecule has 1 aromatic carbocycles. The number of likely N-dealkylation sites (tertiary alicyclic amines) is 1. The second-order valence-corrected chi connectivity index (χ2v) is 9.33. The molecule has 6 heteroatoms. The van der Waals surface area contributed by atoms with Crippen LogP contribution in [0.5, 0.6) is 11.5 Å². The van der Waals surface area contributed by atoms with Crippen molar-refractivity contribution in [1.82, 2.24) is 4.90 Å². The lowest BCUT2D eigenvalue weighted by atomic mass is 9.72. The maximum absolute atomic E-state index is 12.1. The molecule has 1 saturated heterocycles. The Kier molecular flexibility index (Phi) is 5.40. The van der Waals surface area contributed by atoms with Gasteiger partial charge in [0.15, 0.2) is 11.5 Å². The molecule has 6 nitrogen and oxygen atoms in total. The monoisotopic (exact) mass is 403 g/mol. The van der Waals surface area contributed by atoms with Crippen LogP contribution in [0.4, 0.5) is 4.79 Å². The lowest BCUT2D eigenvalue weighted by molar-refractivity contribution is 0.0469. The first-order valence-corrected chi connectivity index (χ1v) is 10.7. The normalized spacial score (nSPS) is 34.3. The fraction of sp³-hybridized carbons (Fsp3) is 0.696. The molecule has 2 saturated carbocycles. The lowest BCUT2D eigenvalue weighted by Gasteiger charge is -2.34. The maximum atomic E-state index is 12.1. The van der Waals surface area contributed by atoms with Crippen molar-refractivity contribution in [1.29, 1.82) is 0 Å². The van der Waals surface area contributed by atoms with Crippen LogP contribution in [0.15, 0.2) is 18.2 Å². The molecule has 1 heterocycles. The number of aliphatic hydroxyl groups is 1. The van der Waals surface area contributed by atoms with E-state index in [4.69, 9.17) is 14.2 Å². The quantitative estimate of drug-likeness (QED) is 0.810. The summed E-state index contributed by atoms with van der Waals surface area (Å²) in [6.07, 6.45) is 4.34. The van der Waals surface area contributed by atoms with Gasteiger partial charge in [-0.25, -0.2) is 4.79 Å². The van der Waals surface area contributed by atoms with E-state index < -0.39 is 11.5 Å². The molecular weight excluding hydrogens is 370 g/mol. The van der Waals surface area contributed by atoms with Crippen molar-refractivity contribution < 1.29 is 24.1 Å². The first-order chi connectivity index (χ1) is 13.9. The highest BCUT2D eigenvalue weighted by molar-refractivity contribution is 5.68. The largest absolute Gasteiger partial charge is 0.493 e. The SMILES string of the molecule is COC(=O)N1CC(c2ccc(OC)c(OC3CC4CCC3C4)c2)C(C)(C(C)O)C1. The minimum absolute atomic E-state index is 0.0186. The Balaban J connectivity index is 1.62. The molecule has 1 aromatic rings. The van der Waals surface area contributed by atoms with Crippen molar-refractivity contribution in [2.24, 2.45) is 17.3 Å². The van der Waals surface area contributed by atoms with Crippen LogP contribution < -0.4 is 9.47 Å². The molecule has 0 spiro atoms. The van der Waals surface area contributed by atoms with E-state index in [-0.39, 0.29) is 18.1 Å². The van der Waals surface area contributed by atoms with Crippen LogP contribution in [0.25, 0.3) is 0 Å². The van der Waals surface area contributed by atoms with Crippen molar-refractivity contribution in [2.75, 3.05) is 27.3 Å². The van der Waals surface area contributed by atoms with Gasteiger partial charge in [-0.2, -0.15) is 0 Å². The number of hydrogen-bond donors (Lipinski definition) is 1. The molecule has 3 aliphatic rings. The number of methoxy groups -OCH3 is 2. The summed E-state index contributed by atoms with van der Waals surface area (Å²) in [6.45, 7) is 4.79. The van der Waals surface area contributed by atoms with Crippen LogP contribution in [0.3, 0.4) is 0 Å². The average Bonchev–Trinajstić information content (AvgIpc) is 3.42. The predicted octanol–water partition coefficient (Wildman–Crippen LogP) is 3.82. The van der Waals surface area contributed by atoms with E-state index in [1.165, 1.54) is 26.4 Å². The highest BCUT2D eigenvalue weighted by Crippen LogP contribution is 2.49. The minimum atomic E-state index is -0.570. The number of nitrogens with zero attached hydrogens (tertiary/aromatic N) is 1. The van der Waals surface area contributed by atoms with E-state index in [1.807, 2.05) is 19.1 Å². The third-order valence-electron chi connectivity index (χ3n) is 7.66. The topological polar surface area (TPSA) is 68.2 Å². The van der Waals surface area contributed by atoms with Crippen molar-refractivity contribution >= 4 is 6.09 Å². The Hall–Kier alpha value is -1.95. The number of carbonyl (C=O) groups is 1. The molecule has 3 fully saturated rings. The van der Waals surface area contributed by atoms with E-state index in [0.717, 1.165) is 29.4 Å². The van der Waals surface area contributed by atoms with Crippen molar-refractivity contribution in [2.45, 2.75) is 57.7 Å². The van der Waals surface area contributed by atoms with Gasteiger partial charge < -0.3 is 24.2 Å². The number of amides is 1. The molecule has 1 N–H and O–H groups in total. The first-order valence-electron chi connectivity index (χ1n) is 10.7. The van der Waals surface area contributed by atoms with Crippen molar-refractivity contribution in [3.05, 3.63) is 23.8 Å². The Morgan fingerprint density at radius 1 is 1.24 bits per heavy atom. The molecule has 6 unspecified atom stereocenters. The third-order valence-corrected chi connectivity index (χ3v) is 7.66. The number of ether oxygens (including phenoxy) is 3. The predicted molar refractivity (Wildman–Crippen MR) is 109 cm³/mol. The summed E-state index contributed by atoms with van der Waals surface area (Å²) < 4.78 is 17.0. The van der Waals surface area contributed by atoms with Gasteiger partial charge in [0.25, 0.3) is 0 Å². The third kappa shape index (κ3) is 3.56. The number of hydrogen-bond acceptors (Lipinski definition) is 5. The maximum Gasteiger partial charge on any atom is 0.409 e. The summed E-state index contributed by atoms with van der Waals surface area (Å²) in [5.41, 5.74) is 0.589. The Bertz CT molecular complexity index is 766. The van der Waals surface area contributed by atoms with E-state index >= 15 is 0 Å². The number of carbonyl (C=O) groups excluding carboxylic acids is 1. The molecule has 1 amide bonds. The molecule has 0 radical (unpaired) electrons. The standard InChI is InChI=1S/C23H33NO5/c1-14(25)23(2)13-24(22(26)28-4)12-18(23)16-7-8-19(27-3)21(11-16)29-20-10-15-5-6-17(20)9-15/h7-8,11,14-15,17-18,20,25H,5-6,9-10,12-13H2,1-4H3. The molecule has 4 rings (SSSR count). The van der Waals surface area contributed by atoms with E-state index in [9.17, 15) is 9.90 Å². The molecule has 160 valence electrons. The molecular formula is C23H33NO5. The number of rotatable bonds is 5. The van der Waals surface area contributed by atoms with Gasteiger partial charge in [0.05, 0.1) is 20.3 Å². The Morgan fingerprint density at radius 2 is 2.03 bits per heavy atom. The number of benzene rings is 1. The van der Waals surface area contributed by atoms with Crippen LogP contribution >= 0.6 is 0 Å². The van der Waals surface area contributed by atoms with Crippen LogP contribution in [-0.2, 0) is 4.74 Å². The molecule has 0 aromatic heterocycles. The summed E-state index contributed by atoms with van der Waals surface area (Å²) in [5.74, 6) is 2.94. The Labute approximate surface area is 173 Å². The molecule has 1 aliphatic heterocycles. The second-order valence-electron chi connectivity index (χ2n) is 9.33. The van der Waals surface area contributed by atoms with E-state index in [0.29, 0.717) is 19.0 Å². The molecule has 29 heavy (non-hydrogen) atoms. The lowest BCUT2D eigenvalue weighted by Crippen LogP contribution is -2.38. The van der Waals surface area contributed by atoms with Crippen molar-refractivity contribution in [3.63, 3.8) is 0 Å². The highest BCUT2D eigenvalue weighted by Gasteiger charge is 2.49. The van der Waals surface area contributed by atoms with Gasteiger partial charge in [0.2, 0.25) is 0 Å². The zero-order valence-electron chi connectivity index (χ0n) is 17.9. The average molecular weight is 404 g/mol. The van der Waals surface area contributed by atoms with Gasteiger partial charge in [0.1, 0.15) is 6.10 Å². The van der Waals surface area contributed by atoms with Gasteiger partial charge in [-0.1, -0.05) is 13.0 Å². The van der Waals surface area contributed by atoms with Crippen LogP contribution in [0.2, 0.25) is 0 Å². The van der Waals surface area contributed by atoms with E-state index in [1.54, 1.807) is 18.9 Å². The fourth-order valence-corrected chi connectivity index (χ4v) is 5.69. The smallest absolute Gasteiger partial charge is 0.409 e. The minimum Gasteiger partial charge on any atom is -0.493 e. The molecule has 6 atom stereocenters. The van der Waals surface area contributed by atoms with E-state index in [2.05, 4.69) is 6.07 Å². The summed E-state index contributed by atoms with van der Waals surface area (Å²) >= 11 is 0. The summed E-state index contributed by atoms with van der Waals surface area (Å²) in [5, 5.41) is 10.6.